The lowest BCUT2D eigenvalue weighted by atomic mass is 9.95. The summed E-state index contributed by atoms with van der Waals surface area (Å²) in [6.45, 7) is 0. The first kappa shape index (κ1) is 17.6. The lowest BCUT2D eigenvalue weighted by Crippen LogP contribution is -2.55. The van der Waals surface area contributed by atoms with Crippen LogP contribution in [0.5, 0.6) is 0 Å². The number of hydrogen-bond donors (Lipinski definition) is 3. The summed E-state index contributed by atoms with van der Waals surface area (Å²) in [6.07, 6.45) is 5.80. The number of amides is 3. The molecule has 0 unspecified atom stereocenters. The summed E-state index contributed by atoms with van der Waals surface area (Å²) in [5.74, 6) is -1.43. The molecular weight excluding hydrogens is 332 g/mol. The Morgan fingerprint density at radius 1 is 0.962 bits per heavy atom. The van der Waals surface area contributed by atoms with E-state index in [9.17, 15) is 14.4 Å². The topological polar surface area (TPSA) is 128 Å². The SMILES string of the molecule is NC(=O)c1cncc(-c2cccc(C(=O)NC3(C(N)=O)CCCC3)c2)c1. The largest absolute Gasteiger partial charge is 0.368 e. The van der Waals surface area contributed by atoms with Crippen molar-refractivity contribution in [3.8, 4) is 11.1 Å². The first-order valence-electron chi connectivity index (χ1n) is 8.39. The predicted molar refractivity (Wildman–Crippen MR) is 96.1 cm³/mol. The summed E-state index contributed by atoms with van der Waals surface area (Å²) < 4.78 is 0. The number of carbonyl (C=O) groups is 3. The zero-order valence-electron chi connectivity index (χ0n) is 14.2. The quantitative estimate of drug-likeness (QED) is 0.750. The second kappa shape index (κ2) is 6.95. The summed E-state index contributed by atoms with van der Waals surface area (Å²) in [7, 11) is 0. The maximum Gasteiger partial charge on any atom is 0.252 e. The zero-order valence-corrected chi connectivity index (χ0v) is 14.2. The molecule has 3 rings (SSSR count). The summed E-state index contributed by atoms with van der Waals surface area (Å²) in [6, 6.07) is 8.49. The summed E-state index contributed by atoms with van der Waals surface area (Å²) in [5, 5.41) is 2.81. The number of nitrogens with zero attached hydrogens (tertiary/aromatic N) is 1. The van der Waals surface area contributed by atoms with Crippen molar-refractivity contribution >= 4 is 17.7 Å². The van der Waals surface area contributed by atoms with Crippen LogP contribution in [0.25, 0.3) is 11.1 Å². The molecule has 0 radical (unpaired) electrons. The first-order valence-corrected chi connectivity index (χ1v) is 8.39. The minimum Gasteiger partial charge on any atom is -0.368 e. The minimum absolute atomic E-state index is 0.288. The third-order valence-electron chi connectivity index (χ3n) is 4.76. The number of aromatic nitrogens is 1. The number of hydrogen-bond acceptors (Lipinski definition) is 4. The Balaban J connectivity index is 1.87. The number of primary amides is 2. The molecule has 5 N–H and O–H groups in total. The van der Waals surface area contributed by atoms with E-state index in [1.165, 1.54) is 6.20 Å². The van der Waals surface area contributed by atoms with Crippen molar-refractivity contribution in [1.82, 2.24) is 10.3 Å². The molecule has 1 heterocycles. The van der Waals surface area contributed by atoms with E-state index in [4.69, 9.17) is 11.5 Å². The molecule has 0 spiro atoms. The van der Waals surface area contributed by atoms with Gasteiger partial charge in [0.1, 0.15) is 5.54 Å². The van der Waals surface area contributed by atoms with Gasteiger partial charge in [-0.1, -0.05) is 25.0 Å². The van der Waals surface area contributed by atoms with Gasteiger partial charge >= 0.3 is 0 Å². The molecule has 0 aliphatic heterocycles. The molecule has 0 saturated heterocycles. The van der Waals surface area contributed by atoms with Gasteiger partial charge in [0, 0.05) is 23.5 Å². The minimum atomic E-state index is -0.972. The van der Waals surface area contributed by atoms with Gasteiger partial charge in [0.15, 0.2) is 0 Å². The van der Waals surface area contributed by atoms with Gasteiger partial charge in [-0.3, -0.25) is 19.4 Å². The van der Waals surface area contributed by atoms with E-state index < -0.39 is 17.4 Å². The Kier molecular flexibility index (Phi) is 4.71. The lowest BCUT2D eigenvalue weighted by molar-refractivity contribution is -0.123. The van der Waals surface area contributed by atoms with Crippen LogP contribution in [-0.2, 0) is 4.79 Å². The molecule has 3 amide bonds. The van der Waals surface area contributed by atoms with Crippen molar-refractivity contribution in [2.75, 3.05) is 0 Å². The molecule has 134 valence electrons. The summed E-state index contributed by atoms with van der Waals surface area (Å²) in [4.78, 5) is 39.8. The highest BCUT2D eigenvalue weighted by Gasteiger charge is 2.41. The van der Waals surface area contributed by atoms with Crippen molar-refractivity contribution in [2.24, 2.45) is 11.5 Å². The van der Waals surface area contributed by atoms with E-state index in [2.05, 4.69) is 10.3 Å². The van der Waals surface area contributed by atoms with Crippen LogP contribution in [-0.4, -0.2) is 28.2 Å². The molecule has 1 fully saturated rings. The molecule has 1 aromatic carbocycles. The third-order valence-corrected chi connectivity index (χ3v) is 4.76. The Labute approximate surface area is 150 Å². The zero-order chi connectivity index (χ0) is 18.7. The molecule has 1 aromatic heterocycles. The van der Waals surface area contributed by atoms with Crippen molar-refractivity contribution in [3.63, 3.8) is 0 Å². The lowest BCUT2D eigenvalue weighted by Gasteiger charge is -2.26. The second-order valence-corrected chi connectivity index (χ2v) is 6.51. The van der Waals surface area contributed by atoms with Crippen molar-refractivity contribution in [3.05, 3.63) is 53.9 Å². The van der Waals surface area contributed by atoms with E-state index in [1.807, 2.05) is 0 Å². The maximum atomic E-state index is 12.7. The molecule has 26 heavy (non-hydrogen) atoms. The average molecular weight is 352 g/mol. The molecule has 1 aliphatic carbocycles. The highest BCUT2D eigenvalue weighted by Crippen LogP contribution is 2.30. The van der Waals surface area contributed by atoms with Gasteiger partial charge in [-0.05, 0) is 36.6 Å². The monoisotopic (exact) mass is 352 g/mol. The fraction of sp³-hybridized carbons (Fsp3) is 0.263. The van der Waals surface area contributed by atoms with Crippen LogP contribution in [0.4, 0.5) is 0 Å². The number of rotatable bonds is 5. The fourth-order valence-electron chi connectivity index (χ4n) is 3.27. The van der Waals surface area contributed by atoms with Gasteiger partial charge in [0.05, 0.1) is 5.56 Å². The third kappa shape index (κ3) is 3.42. The van der Waals surface area contributed by atoms with Crippen LogP contribution in [0.3, 0.4) is 0 Å². The molecule has 1 saturated carbocycles. The molecule has 0 bridgehead atoms. The first-order chi connectivity index (χ1) is 12.4. The molecule has 7 nitrogen and oxygen atoms in total. The molecular formula is C19H20N4O3. The van der Waals surface area contributed by atoms with E-state index in [-0.39, 0.29) is 11.5 Å². The Bertz CT molecular complexity index is 873. The highest BCUT2D eigenvalue weighted by atomic mass is 16.2. The molecule has 1 aliphatic rings. The van der Waals surface area contributed by atoms with E-state index in [0.717, 1.165) is 12.8 Å². The Hall–Kier alpha value is -3.22. The average Bonchev–Trinajstić information content (AvgIpc) is 3.12. The highest BCUT2D eigenvalue weighted by molar-refractivity contribution is 6.00. The number of benzene rings is 1. The normalized spacial score (nSPS) is 15.4. The van der Waals surface area contributed by atoms with Gasteiger partial charge in [-0.25, -0.2) is 0 Å². The van der Waals surface area contributed by atoms with E-state index in [1.54, 1.807) is 36.5 Å². The van der Waals surface area contributed by atoms with Crippen molar-refractivity contribution in [2.45, 2.75) is 31.2 Å². The number of pyridine rings is 1. The van der Waals surface area contributed by atoms with E-state index >= 15 is 0 Å². The van der Waals surface area contributed by atoms with Crippen LogP contribution in [0, 0.1) is 0 Å². The molecule has 0 atom stereocenters. The number of carbonyl (C=O) groups excluding carboxylic acids is 3. The maximum absolute atomic E-state index is 12.7. The number of nitrogens with two attached hydrogens (primary N) is 2. The smallest absolute Gasteiger partial charge is 0.252 e. The van der Waals surface area contributed by atoms with Gasteiger partial charge in [-0.15, -0.1) is 0 Å². The Morgan fingerprint density at radius 3 is 2.31 bits per heavy atom. The fourth-order valence-corrected chi connectivity index (χ4v) is 3.27. The van der Waals surface area contributed by atoms with Crippen LogP contribution >= 0.6 is 0 Å². The standard InChI is InChI=1S/C19H20N4O3/c20-16(24)15-9-14(10-22-11-15)12-4-3-5-13(8-12)17(25)23-19(18(21)26)6-1-2-7-19/h3-5,8-11H,1-2,6-7H2,(H2,20,24)(H2,21,26)(H,23,25). The number of nitrogens with one attached hydrogen (secondary N) is 1. The molecule has 7 heteroatoms. The van der Waals surface area contributed by atoms with Crippen LogP contribution in [0.2, 0.25) is 0 Å². The van der Waals surface area contributed by atoms with Gasteiger partial charge in [0.25, 0.3) is 5.91 Å². The van der Waals surface area contributed by atoms with Crippen LogP contribution in [0.1, 0.15) is 46.4 Å². The van der Waals surface area contributed by atoms with Crippen LogP contribution in [0.15, 0.2) is 42.7 Å². The van der Waals surface area contributed by atoms with E-state index in [0.29, 0.717) is 29.5 Å². The van der Waals surface area contributed by atoms with Crippen LogP contribution < -0.4 is 16.8 Å². The van der Waals surface area contributed by atoms with Gasteiger partial charge in [-0.2, -0.15) is 0 Å². The molecule has 2 aromatic rings. The van der Waals surface area contributed by atoms with Gasteiger partial charge < -0.3 is 16.8 Å². The predicted octanol–water partition coefficient (Wildman–Crippen LogP) is 1.38. The summed E-state index contributed by atoms with van der Waals surface area (Å²) >= 11 is 0. The van der Waals surface area contributed by atoms with Crippen molar-refractivity contribution < 1.29 is 14.4 Å². The second-order valence-electron chi connectivity index (χ2n) is 6.51. The summed E-state index contributed by atoms with van der Waals surface area (Å²) in [5.41, 5.74) is 11.9. The van der Waals surface area contributed by atoms with Crippen molar-refractivity contribution in [1.29, 1.82) is 0 Å². The Morgan fingerprint density at radius 2 is 1.65 bits per heavy atom. The van der Waals surface area contributed by atoms with Gasteiger partial charge in [0.2, 0.25) is 11.8 Å².